The highest BCUT2D eigenvalue weighted by atomic mass is 19.4. The standard InChI is InChI=1S/C9H4F5NO4.H2O/c10-8(11,9(12,13)14)5-4(7(18)19)1-3(2-15-5)6(16)17;/h1-2H,(H,16,17)(H,18,19);1H2. The number of hydrogen-bond donors (Lipinski definition) is 2. The molecular formula is C9H6F5NO5. The van der Waals surface area contributed by atoms with E-state index in [1.165, 1.54) is 0 Å². The molecule has 1 rings (SSSR count). The van der Waals surface area contributed by atoms with Gasteiger partial charge in [0.1, 0.15) is 5.69 Å². The zero-order valence-corrected chi connectivity index (χ0v) is 9.20. The first kappa shape index (κ1) is 17.7. The maximum atomic E-state index is 13.0. The Morgan fingerprint density at radius 1 is 1.05 bits per heavy atom. The summed E-state index contributed by atoms with van der Waals surface area (Å²) in [5.41, 5.74) is -4.40. The van der Waals surface area contributed by atoms with Crippen molar-refractivity contribution >= 4 is 11.9 Å². The lowest BCUT2D eigenvalue weighted by Gasteiger charge is -2.20. The molecule has 0 saturated carbocycles. The van der Waals surface area contributed by atoms with Crippen LogP contribution in [0.4, 0.5) is 22.0 Å². The predicted molar refractivity (Wildman–Crippen MR) is 51.7 cm³/mol. The molecule has 0 saturated heterocycles. The summed E-state index contributed by atoms with van der Waals surface area (Å²) in [5.74, 6) is -9.36. The van der Waals surface area contributed by atoms with Gasteiger partial charge in [0.2, 0.25) is 0 Å². The summed E-state index contributed by atoms with van der Waals surface area (Å²) in [7, 11) is 0. The first-order chi connectivity index (χ1) is 8.48. The van der Waals surface area contributed by atoms with Crippen molar-refractivity contribution in [2.45, 2.75) is 12.1 Å². The van der Waals surface area contributed by atoms with Gasteiger partial charge in [-0.15, -0.1) is 0 Å². The highest BCUT2D eigenvalue weighted by Gasteiger charge is 2.61. The van der Waals surface area contributed by atoms with E-state index in [-0.39, 0.29) is 17.7 Å². The summed E-state index contributed by atoms with van der Waals surface area (Å²) in [5, 5.41) is 17.1. The minimum Gasteiger partial charge on any atom is -0.478 e. The first-order valence-corrected chi connectivity index (χ1v) is 4.40. The minimum absolute atomic E-state index is 0. The number of rotatable bonds is 3. The molecule has 0 aliphatic heterocycles. The molecule has 0 aromatic carbocycles. The Morgan fingerprint density at radius 3 is 1.90 bits per heavy atom. The van der Waals surface area contributed by atoms with Gasteiger partial charge in [-0.25, -0.2) is 9.59 Å². The van der Waals surface area contributed by atoms with Crippen LogP contribution in [-0.4, -0.2) is 38.8 Å². The van der Waals surface area contributed by atoms with Crippen LogP contribution in [0.5, 0.6) is 0 Å². The molecule has 4 N–H and O–H groups in total. The molecule has 0 spiro atoms. The molecule has 0 amide bonds. The van der Waals surface area contributed by atoms with Crippen LogP contribution in [0.3, 0.4) is 0 Å². The van der Waals surface area contributed by atoms with Crippen LogP contribution in [0.15, 0.2) is 12.3 Å². The molecule has 0 bridgehead atoms. The van der Waals surface area contributed by atoms with Crippen molar-refractivity contribution in [3.8, 4) is 0 Å². The number of alkyl halides is 5. The molecule has 112 valence electrons. The molecule has 0 fully saturated rings. The average molecular weight is 303 g/mol. The summed E-state index contributed by atoms with van der Waals surface area (Å²) in [6.07, 6.45) is -5.82. The molecule has 20 heavy (non-hydrogen) atoms. The third-order valence-corrected chi connectivity index (χ3v) is 2.02. The smallest absolute Gasteiger partial charge is 0.459 e. The summed E-state index contributed by atoms with van der Waals surface area (Å²) in [6, 6.07) is 0.187. The van der Waals surface area contributed by atoms with Crippen molar-refractivity contribution in [1.29, 1.82) is 0 Å². The van der Waals surface area contributed by atoms with E-state index < -0.39 is 40.9 Å². The van der Waals surface area contributed by atoms with Gasteiger partial charge in [0.05, 0.1) is 11.1 Å². The minimum atomic E-state index is -6.05. The number of carboxylic acid groups (broad SMARTS) is 2. The number of aromatic carboxylic acids is 2. The van der Waals surface area contributed by atoms with Crippen LogP contribution < -0.4 is 0 Å². The van der Waals surface area contributed by atoms with Gasteiger partial charge in [0.25, 0.3) is 0 Å². The van der Waals surface area contributed by atoms with E-state index in [1.54, 1.807) is 0 Å². The second-order valence-corrected chi connectivity index (χ2v) is 3.30. The lowest BCUT2D eigenvalue weighted by atomic mass is 10.1. The Morgan fingerprint density at radius 2 is 1.55 bits per heavy atom. The van der Waals surface area contributed by atoms with E-state index in [9.17, 15) is 31.5 Å². The van der Waals surface area contributed by atoms with Crippen LogP contribution in [0.2, 0.25) is 0 Å². The molecule has 0 atom stereocenters. The summed E-state index contributed by atoms with van der Waals surface area (Å²) in [6.45, 7) is 0. The number of nitrogens with zero attached hydrogens (tertiary/aromatic N) is 1. The van der Waals surface area contributed by atoms with Gasteiger partial charge < -0.3 is 15.7 Å². The second kappa shape index (κ2) is 5.36. The van der Waals surface area contributed by atoms with E-state index in [0.29, 0.717) is 0 Å². The van der Waals surface area contributed by atoms with Crippen LogP contribution in [0.1, 0.15) is 26.4 Å². The van der Waals surface area contributed by atoms with E-state index in [2.05, 4.69) is 4.98 Å². The lowest BCUT2D eigenvalue weighted by molar-refractivity contribution is -0.291. The molecular weight excluding hydrogens is 297 g/mol. The highest BCUT2D eigenvalue weighted by Crippen LogP contribution is 2.44. The van der Waals surface area contributed by atoms with Crippen molar-refractivity contribution in [3.05, 3.63) is 29.1 Å². The first-order valence-electron chi connectivity index (χ1n) is 4.40. The third-order valence-electron chi connectivity index (χ3n) is 2.02. The van der Waals surface area contributed by atoms with Crippen molar-refractivity contribution in [2.24, 2.45) is 0 Å². The monoisotopic (exact) mass is 303 g/mol. The van der Waals surface area contributed by atoms with Gasteiger partial charge in [0.15, 0.2) is 0 Å². The molecule has 1 heterocycles. The second-order valence-electron chi connectivity index (χ2n) is 3.30. The Balaban J connectivity index is 0.00000361. The SMILES string of the molecule is O.O=C(O)c1cnc(C(F)(F)C(F)(F)F)c(C(=O)O)c1. The van der Waals surface area contributed by atoms with Crippen molar-refractivity contribution in [2.75, 3.05) is 0 Å². The van der Waals surface area contributed by atoms with Gasteiger partial charge >= 0.3 is 24.0 Å². The topological polar surface area (TPSA) is 119 Å². The van der Waals surface area contributed by atoms with Crippen molar-refractivity contribution < 1.29 is 47.2 Å². The van der Waals surface area contributed by atoms with Gasteiger partial charge in [-0.05, 0) is 6.07 Å². The van der Waals surface area contributed by atoms with Crippen LogP contribution >= 0.6 is 0 Å². The van der Waals surface area contributed by atoms with Crippen molar-refractivity contribution in [3.63, 3.8) is 0 Å². The average Bonchev–Trinajstić information content (AvgIpc) is 2.26. The molecule has 6 nitrogen and oxygen atoms in total. The fraction of sp³-hybridized carbons (Fsp3) is 0.222. The summed E-state index contributed by atoms with van der Waals surface area (Å²) < 4.78 is 62.4. The molecule has 1 aromatic heterocycles. The molecule has 0 aliphatic carbocycles. The Hall–Kier alpha value is -2.30. The molecule has 1 aromatic rings. The largest absolute Gasteiger partial charge is 0.478 e. The van der Waals surface area contributed by atoms with Crippen LogP contribution in [0.25, 0.3) is 0 Å². The van der Waals surface area contributed by atoms with E-state index in [1.807, 2.05) is 0 Å². The van der Waals surface area contributed by atoms with E-state index in [0.717, 1.165) is 0 Å². The maximum absolute atomic E-state index is 13.0. The van der Waals surface area contributed by atoms with Crippen LogP contribution in [0, 0.1) is 0 Å². The Kier molecular flexibility index (Phi) is 4.75. The number of halogens is 5. The zero-order valence-electron chi connectivity index (χ0n) is 9.20. The molecule has 11 heteroatoms. The predicted octanol–water partition coefficient (Wildman–Crippen LogP) is 1.31. The zero-order chi connectivity index (χ0) is 15.0. The third kappa shape index (κ3) is 2.99. The molecule has 0 aliphatic rings. The number of carboxylic acids is 2. The Labute approximate surface area is 106 Å². The Bertz CT molecular complexity index is 542. The number of pyridine rings is 1. The van der Waals surface area contributed by atoms with Crippen molar-refractivity contribution in [1.82, 2.24) is 4.98 Å². The highest BCUT2D eigenvalue weighted by molar-refractivity contribution is 5.94. The molecule has 0 unspecified atom stereocenters. The van der Waals surface area contributed by atoms with Gasteiger partial charge in [-0.1, -0.05) is 0 Å². The van der Waals surface area contributed by atoms with Gasteiger partial charge in [-0.3, -0.25) is 4.98 Å². The lowest BCUT2D eigenvalue weighted by Crippen LogP contribution is -2.36. The fourth-order valence-electron chi connectivity index (χ4n) is 1.13. The van der Waals surface area contributed by atoms with Gasteiger partial charge in [-0.2, -0.15) is 22.0 Å². The van der Waals surface area contributed by atoms with Crippen LogP contribution in [-0.2, 0) is 5.92 Å². The summed E-state index contributed by atoms with van der Waals surface area (Å²) >= 11 is 0. The number of aromatic nitrogens is 1. The number of hydrogen-bond acceptors (Lipinski definition) is 3. The quantitative estimate of drug-likeness (QED) is 0.816. The maximum Gasteiger partial charge on any atom is 0.459 e. The molecule has 0 radical (unpaired) electrons. The normalized spacial score (nSPS) is 11.7. The summed E-state index contributed by atoms with van der Waals surface area (Å²) in [4.78, 5) is 23.8. The van der Waals surface area contributed by atoms with E-state index in [4.69, 9.17) is 10.2 Å². The number of carbonyl (C=O) groups is 2. The van der Waals surface area contributed by atoms with E-state index >= 15 is 0 Å². The fourth-order valence-corrected chi connectivity index (χ4v) is 1.13. The van der Waals surface area contributed by atoms with Gasteiger partial charge in [0, 0.05) is 6.20 Å².